The molecule has 0 unspecified atom stereocenters. The Labute approximate surface area is 143 Å². The molecule has 108 valence electrons. The second kappa shape index (κ2) is 7.51. The Kier molecular flexibility index (Phi) is 5.69. The standard InChI is InChI=1S/C16H15IN2OS/c1-11-4-2-3-5-12(11)10-15(20)19-16(21)18-14-8-6-13(17)7-9-14/h2-9H,10H2,1H3,(H2,18,19,20,21). The molecule has 0 aromatic heterocycles. The molecule has 0 aliphatic carbocycles. The molecular weight excluding hydrogens is 395 g/mol. The number of rotatable bonds is 3. The Morgan fingerprint density at radius 3 is 2.48 bits per heavy atom. The van der Waals surface area contributed by atoms with Gasteiger partial charge < -0.3 is 10.6 Å². The van der Waals surface area contributed by atoms with Crippen molar-refractivity contribution < 1.29 is 4.79 Å². The van der Waals surface area contributed by atoms with Gasteiger partial charge >= 0.3 is 0 Å². The van der Waals surface area contributed by atoms with Gasteiger partial charge in [-0.05, 0) is 77.1 Å². The average molecular weight is 410 g/mol. The average Bonchev–Trinajstić information content (AvgIpc) is 2.44. The van der Waals surface area contributed by atoms with E-state index in [1.54, 1.807) is 0 Å². The van der Waals surface area contributed by atoms with Crippen molar-refractivity contribution in [3.8, 4) is 0 Å². The highest BCUT2D eigenvalue weighted by atomic mass is 127. The molecular formula is C16H15IN2OS. The maximum atomic E-state index is 12.0. The van der Waals surface area contributed by atoms with E-state index < -0.39 is 0 Å². The first-order valence-electron chi connectivity index (χ1n) is 6.45. The molecule has 2 aromatic carbocycles. The molecule has 2 rings (SSSR count). The molecule has 0 atom stereocenters. The lowest BCUT2D eigenvalue weighted by Crippen LogP contribution is -2.35. The van der Waals surface area contributed by atoms with Gasteiger partial charge in [-0.3, -0.25) is 4.79 Å². The zero-order valence-corrected chi connectivity index (χ0v) is 14.5. The summed E-state index contributed by atoms with van der Waals surface area (Å²) in [5, 5.41) is 6.01. The number of benzene rings is 2. The first-order valence-corrected chi connectivity index (χ1v) is 7.94. The topological polar surface area (TPSA) is 41.1 Å². The van der Waals surface area contributed by atoms with Crippen molar-refractivity contribution in [1.29, 1.82) is 0 Å². The number of anilines is 1. The first kappa shape index (κ1) is 15.9. The van der Waals surface area contributed by atoms with Crippen LogP contribution in [0.4, 0.5) is 5.69 Å². The van der Waals surface area contributed by atoms with Crippen LogP contribution in [0.3, 0.4) is 0 Å². The molecule has 2 aromatic rings. The molecule has 0 saturated carbocycles. The number of nitrogens with one attached hydrogen (secondary N) is 2. The number of carbonyl (C=O) groups excluding carboxylic acids is 1. The van der Waals surface area contributed by atoms with Crippen molar-refractivity contribution >= 4 is 51.5 Å². The van der Waals surface area contributed by atoms with Crippen molar-refractivity contribution in [3.63, 3.8) is 0 Å². The molecule has 0 saturated heterocycles. The van der Waals surface area contributed by atoms with Gasteiger partial charge in [0.25, 0.3) is 0 Å². The molecule has 0 aliphatic rings. The number of hydrogen-bond donors (Lipinski definition) is 2. The van der Waals surface area contributed by atoms with E-state index in [0.717, 1.165) is 20.4 Å². The fourth-order valence-electron chi connectivity index (χ4n) is 1.85. The largest absolute Gasteiger partial charge is 0.332 e. The van der Waals surface area contributed by atoms with Crippen LogP contribution in [0, 0.1) is 10.5 Å². The Balaban J connectivity index is 1.89. The second-order valence-electron chi connectivity index (χ2n) is 4.61. The quantitative estimate of drug-likeness (QED) is 0.600. The SMILES string of the molecule is Cc1ccccc1CC(=O)NC(=S)Nc1ccc(I)cc1. The highest BCUT2D eigenvalue weighted by Gasteiger charge is 2.07. The fraction of sp³-hybridized carbons (Fsp3) is 0.125. The van der Waals surface area contributed by atoms with Crippen LogP contribution in [0.25, 0.3) is 0 Å². The Morgan fingerprint density at radius 2 is 1.81 bits per heavy atom. The number of carbonyl (C=O) groups is 1. The smallest absolute Gasteiger partial charge is 0.230 e. The molecule has 0 spiro atoms. The third-order valence-electron chi connectivity index (χ3n) is 2.97. The summed E-state index contributed by atoms with van der Waals surface area (Å²) in [6.07, 6.45) is 0.321. The maximum Gasteiger partial charge on any atom is 0.230 e. The predicted octanol–water partition coefficient (Wildman–Crippen LogP) is 3.66. The zero-order chi connectivity index (χ0) is 15.2. The summed E-state index contributed by atoms with van der Waals surface area (Å²) in [4.78, 5) is 12.0. The third-order valence-corrected chi connectivity index (χ3v) is 3.89. The number of hydrogen-bond acceptors (Lipinski definition) is 2. The molecule has 2 N–H and O–H groups in total. The van der Waals surface area contributed by atoms with Gasteiger partial charge in [-0.25, -0.2) is 0 Å². The Bertz CT molecular complexity index is 656. The number of halogens is 1. The minimum absolute atomic E-state index is 0.118. The highest BCUT2D eigenvalue weighted by molar-refractivity contribution is 14.1. The number of aryl methyl sites for hydroxylation is 1. The summed E-state index contributed by atoms with van der Waals surface area (Å²) < 4.78 is 1.15. The summed E-state index contributed by atoms with van der Waals surface area (Å²) in [5.41, 5.74) is 2.97. The van der Waals surface area contributed by atoms with E-state index in [9.17, 15) is 4.79 Å². The van der Waals surface area contributed by atoms with Crippen LogP contribution in [0.1, 0.15) is 11.1 Å². The van der Waals surface area contributed by atoms with Crippen molar-refractivity contribution in [3.05, 3.63) is 63.2 Å². The fourth-order valence-corrected chi connectivity index (χ4v) is 2.44. The minimum atomic E-state index is -0.118. The van der Waals surface area contributed by atoms with E-state index in [2.05, 4.69) is 33.2 Å². The van der Waals surface area contributed by atoms with Gasteiger partial charge in [-0.15, -0.1) is 0 Å². The minimum Gasteiger partial charge on any atom is -0.332 e. The van der Waals surface area contributed by atoms with Gasteiger partial charge in [0.05, 0.1) is 6.42 Å². The van der Waals surface area contributed by atoms with Crippen LogP contribution in [0.2, 0.25) is 0 Å². The lowest BCUT2D eigenvalue weighted by atomic mass is 10.1. The molecule has 0 aliphatic heterocycles. The van der Waals surface area contributed by atoms with E-state index in [0.29, 0.717) is 11.5 Å². The lowest BCUT2D eigenvalue weighted by Gasteiger charge is -2.10. The van der Waals surface area contributed by atoms with Gasteiger partial charge in [-0.1, -0.05) is 24.3 Å². The molecule has 1 amide bonds. The normalized spacial score (nSPS) is 10.0. The summed E-state index contributed by atoms with van der Waals surface area (Å²) >= 11 is 7.38. The van der Waals surface area contributed by atoms with Crippen molar-refractivity contribution in [2.75, 3.05) is 5.32 Å². The molecule has 21 heavy (non-hydrogen) atoms. The van der Waals surface area contributed by atoms with Crippen LogP contribution in [-0.2, 0) is 11.2 Å². The molecule has 0 bridgehead atoms. The predicted molar refractivity (Wildman–Crippen MR) is 98.4 cm³/mol. The van der Waals surface area contributed by atoms with Crippen LogP contribution in [0.5, 0.6) is 0 Å². The Morgan fingerprint density at radius 1 is 1.14 bits per heavy atom. The van der Waals surface area contributed by atoms with Gasteiger partial charge in [-0.2, -0.15) is 0 Å². The van der Waals surface area contributed by atoms with Crippen LogP contribution in [-0.4, -0.2) is 11.0 Å². The van der Waals surface area contributed by atoms with Gasteiger partial charge in [0, 0.05) is 9.26 Å². The number of thiocarbonyl (C=S) groups is 1. The summed E-state index contributed by atoms with van der Waals surface area (Å²) in [7, 11) is 0. The molecule has 0 fully saturated rings. The lowest BCUT2D eigenvalue weighted by molar-refractivity contribution is -0.119. The second-order valence-corrected chi connectivity index (χ2v) is 6.27. The molecule has 5 heteroatoms. The van der Waals surface area contributed by atoms with Crippen LogP contribution < -0.4 is 10.6 Å². The highest BCUT2D eigenvalue weighted by Crippen LogP contribution is 2.11. The van der Waals surface area contributed by atoms with E-state index in [1.807, 2.05) is 55.5 Å². The van der Waals surface area contributed by atoms with Crippen molar-refractivity contribution in [2.24, 2.45) is 0 Å². The molecule has 0 radical (unpaired) electrons. The van der Waals surface area contributed by atoms with E-state index in [4.69, 9.17) is 12.2 Å². The van der Waals surface area contributed by atoms with Gasteiger partial charge in [0.2, 0.25) is 5.91 Å². The third kappa shape index (κ3) is 5.09. The van der Waals surface area contributed by atoms with Crippen LogP contribution >= 0.6 is 34.8 Å². The zero-order valence-electron chi connectivity index (χ0n) is 11.5. The van der Waals surface area contributed by atoms with Crippen LogP contribution in [0.15, 0.2) is 48.5 Å². The van der Waals surface area contributed by atoms with E-state index in [1.165, 1.54) is 0 Å². The summed E-state index contributed by atoms with van der Waals surface area (Å²) in [5.74, 6) is -0.118. The molecule has 0 heterocycles. The number of amides is 1. The Hall–Kier alpha value is -1.47. The maximum absolute atomic E-state index is 12.0. The molecule has 3 nitrogen and oxygen atoms in total. The van der Waals surface area contributed by atoms with Gasteiger partial charge in [0.1, 0.15) is 0 Å². The van der Waals surface area contributed by atoms with E-state index in [-0.39, 0.29) is 5.91 Å². The van der Waals surface area contributed by atoms with Crippen molar-refractivity contribution in [1.82, 2.24) is 5.32 Å². The van der Waals surface area contributed by atoms with Gasteiger partial charge in [0.15, 0.2) is 5.11 Å². The monoisotopic (exact) mass is 410 g/mol. The summed E-state index contributed by atoms with van der Waals surface area (Å²) in [6.45, 7) is 1.99. The summed E-state index contributed by atoms with van der Waals surface area (Å²) in [6, 6.07) is 15.6. The van der Waals surface area contributed by atoms with Crippen molar-refractivity contribution in [2.45, 2.75) is 13.3 Å². The van der Waals surface area contributed by atoms with E-state index >= 15 is 0 Å². The first-order chi connectivity index (χ1) is 10.0.